The standard InChI is InChI=1S/C9H12N2O3S/c10-3-8-11-7(5-15-8)9(12)14-6-1-2-13-4-6/h5-6H,1-4,10H2. The van der Waals surface area contributed by atoms with Gasteiger partial charge in [0, 0.05) is 18.3 Å². The molecular formula is C9H12N2O3S. The molecule has 0 bridgehead atoms. The normalized spacial score (nSPS) is 20.5. The number of hydrogen-bond acceptors (Lipinski definition) is 6. The number of nitrogens with two attached hydrogens (primary N) is 1. The molecule has 1 aliphatic rings. The first-order chi connectivity index (χ1) is 7.29. The Hall–Kier alpha value is -0.980. The van der Waals surface area contributed by atoms with Crippen LogP contribution in [-0.4, -0.2) is 30.3 Å². The van der Waals surface area contributed by atoms with E-state index in [2.05, 4.69) is 4.98 Å². The van der Waals surface area contributed by atoms with E-state index >= 15 is 0 Å². The van der Waals surface area contributed by atoms with Gasteiger partial charge in [-0.2, -0.15) is 0 Å². The van der Waals surface area contributed by atoms with E-state index in [1.807, 2.05) is 0 Å². The lowest BCUT2D eigenvalue weighted by Gasteiger charge is -2.07. The van der Waals surface area contributed by atoms with Gasteiger partial charge in [0.2, 0.25) is 0 Å². The molecule has 2 heterocycles. The topological polar surface area (TPSA) is 74.4 Å². The van der Waals surface area contributed by atoms with E-state index in [1.54, 1.807) is 5.38 Å². The average Bonchev–Trinajstić information content (AvgIpc) is 2.86. The smallest absolute Gasteiger partial charge is 0.358 e. The molecule has 2 rings (SSSR count). The molecule has 6 heteroatoms. The van der Waals surface area contributed by atoms with Crippen LogP contribution in [0.2, 0.25) is 0 Å². The van der Waals surface area contributed by atoms with Crippen molar-refractivity contribution in [3.8, 4) is 0 Å². The molecule has 0 radical (unpaired) electrons. The average molecular weight is 228 g/mol. The fourth-order valence-corrected chi connectivity index (χ4v) is 1.96. The molecule has 15 heavy (non-hydrogen) atoms. The molecule has 1 aromatic rings. The Morgan fingerprint density at radius 3 is 3.27 bits per heavy atom. The third-order valence-electron chi connectivity index (χ3n) is 2.10. The van der Waals surface area contributed by atoms with Gasteiger partial charge in [0.15, 0.2) is 5.69 Å². The monoisotopic (exact) mass is 228 g/mol. The van der Waals surface area contributed by atoms with E-state index in [0.717, 1.165) is 11.4 Å². The molecule has 1 saturated heterocycles. The van der Waals surface area contributed by atoms with Gasteiger partial charge in [-0.3, -0.25) is 0 Å². The first-order valence-corrected chi connectivity index (χ1v) is 5.60. The van der Waals surface area contributed by atoms with Crippen molar-refractivity contribution in [1.82, 2.24) is 4.98 Å². The van der Waals surface area contributed by atoms with Crippen molar-refractivity contribution < 1.29 is 14.3 Å². The van der Waals surface area contributed by atoms with Crippen LogP contribution in [0.3, 0.4) is 0 Å². The molecule has 0 aromatic carbocycles. The Morgan fingerprint density at radius 2 is 2.67 bits per heavy atom. The predicted octanol–water partition coefficient (Wildman–Crippen LogP) is 0.547. The van der Waals surface area contributed by atoms with Crippen molar-refractivity contribution >= 4 is 17.3 Å². The van der Waals surface area contributed by atoms with Crippen LogP contribution in [0.4, 0.5) is 0 Å². The zero-order valence-corrected chi connectivity index (χ0v) is 8.96. The summed E-state index contributed by atoms with van der Waals surface area (Å²) in [5, 5.41) is 2.41. The molecule has 1 unspecified atom stereocenters. The van der Waals surface area contributed by atoms with Gasteiger partial charge in [0.1, 0.15) is 11.1 Å². The summed E-state index contributed by atoms with van der Waals surface area (Å²) < 4.78 is 10.3. The van der Waals surface area contributed by atoms with E-state index in [4.69, 9.17) is 15.2 Å². The van der Waals surface area contributed by atoms with Crippen LogP contribution in [-0.2, 0) is 16.0 Å². The summed E-state index contributed by atoms with van der Waals surface area (Å²) in [4.78, 5) is 15.6. The molecule has 0 saturated carbocycles. The number of carbonyl (C=O) groups excluding carboxylic acids is 1. The van der Waals surface area contributed by atoms with Crippen LogP contribution in [0.25, 0.3) is 0 Å². The highest BCUT2D eigenvalue weighted by molar-refractivity contribution is 7.09. The van der Waals surface area contributed by atoms with Crippen LogP contribution in [0.1, 0.15) is 21.9 Å². The van der Waals surface area contributed by atoms with Gasteiger partial charge < -0.3 is 15.2 Å². The number of rotatable bonds is 3. The lowest BCUT2D eigenvalue weighted by atomic mass is 10.3. The van der Waals surface area contributed by atoms with Crippen molar-refractivity contribution in [3.63, 3.8) is 0 Å². The molecular weight excluding hydrogens is 216 g/mol. The maximum absolute atomic E-state index is 11.6. The van der Waals surface area contributed by atoms with E-state index < -0.39 is 0 Å². The number of thiazole rings is 1. The van der Waals surface area contributed by atoms with Crippen LogP contribution in [0, 0.1) is 0 Å². The summed E-state index contributed by atoms with van der Waals surface area (Å²) in [7, 11) is 0. The Morgan fingerprint density at radius 1 is 1.80 bits per heavy atom. The van der Waals surface area contributed by atoms with Crippen LogP contribution >= 0.6 is 11.3 Å². The summed E-state index contributed by atoms with van der Waals surface area (Å²) in [6.07, 6.45) is 0.639. The third kappa shape index (κ3) is 2.53. The largest absolute Gasteiger partial charge is 0.455 e. The first kappa shape index (κ1) is 10.5. The summed E-state index contributed by atoms with van der Waals surface area (Å²) in [5.41, 5.74) is 5.74. The number of hydrogen-bond donors (Lipinski definition) is 1. The van der Waals surface area contributed by atoms with E-state index in [-0.39, 0.29) is 12.1 Å². The SMILES string of the molecule is NCc1nc(C(=O)OC2CCOC2)cs1. The van der Waals surface area contributed by atoms with Crippen molar-refractivity contribution in [2.45, 2.75) is 19.1 Å². The van der Waals surface area contributed by atoms with Crippen LogP contribution < -0.4 is 5.73 Å². The minimum Gasteiger partial charge on any atom is -0.455 e. The molecule has 0 amide bonds. The molecule has 5 nitrogen and oxygen atoms in total. The van der Waals surface area contributed by atoms with Gasteiger partial charge in [-0.05, 0) is 0 Å². The highest BCUT2D eigenvalue weighted by Gasteiger charge is 2.22. The first-order valence-electron chi connectivity index (χ1n) is 4.73. The molecule has 2 N–H and O–H groups in total. The number of aromatic nitrogens is 1. The van der Waals surface area contributed by atoms with Crippen molar-refractivity contribution in [3.05, 3.63) is 16.1 Å². The molecule has 1 fully saturated rings. The summed E-state index contributed by atoms with van der Waals surface area (Å²) in [5.74, 6) is -0.388. The number of esters is 1. The van der Waals surface area contributed by atoms with Gasteiger partial charge >= 0.3 is 5.97 Å². The third-order valence-corrected chi connectivity index (χ3v) is 2.97. The molecule has 1 aromatic heterocycles. The van der Waals surface area contributed by atoms with Crippen LogP contribution in [0.5, 0.6) is 0 Å². The fourth-order valence-electron chi connectivity index (χ4n) is 1.32. The minimum absolute atomic E-state index is 0.125. The summed E-state index contributed by atoms with van der Waals surface area (Å²) >= 11 is 1.37. The molecule has 82 valence electrons. The zero-order chi connectivity index (χ0) is 10.7. The van der Waals surface area contributed by atoms with E-state index in [0.29, 0.717) is 25.5 Å². The number of carbonyl (C=O) groups is 1. The number of nitrogens with zero attached hydrogens (tertiary/aromatic N) is 1. The number of ether oxygens (including phenoxy) is 2. The Balaban J connectivity index is 1.94. The second-order valence-corrected chi connectivity index (χ2v) is 4.16. The second-order valence-electron chi connectivity index (χ2n) is 3.22. The zero-order valence-electron chi connectivity index (χ0n) is 8.14. The maximum atomic E-state index is 11.6. The Labute approximate surface area is 91.2 Å². The van der Waals surface area contributed by atoms with Gasteiger partial charge in [0.25, 0.3) is 0 Å². The van der Waals surface area contributed by atoms with Crippen molar-refractivity contribution in [2.75, 3.05) is 13.2 Å². The maximum Gasteiger partial charge on any atom is 0.358 e. The summed E-state index contributed by atoms with van der Waals surface area (Å²) in [6.45, 7) is 1.49. The Bertz CT molecular complexity index is 347. The lowest BCUT2D eigenvalue weighted by Crippen LogP contribution is -2.18. The Kier molecular flexibility index (Phi) is 3.30. The fraction of sp³-hybridized carbons (Fsp3) is 0.556. The lowest BCUT2D eigenvalue weighted by molar-refractivity contribution is 0.0265. The summed E-state index contributed by atoms with van der Waals surface area (Å²) in [6, 6.07) is 0. The minimum atomic E-state index is -0.388. The molecule has 0 aliphatic carbocycles. The van der Waals surface area contributed by atoms with Crippen LogP contribution in [0.15, 0.2) is 5.38 Å². The molecule has 1 aliphatic heterocycles. The molecule has 1 atom stereocenters. The highest BCUT2D eigenvalue weighted by atomic mass is 32.1. The van der Waals surface area contributed by atoms with Crippen molar-refractivity contribution in [2.24, 2.45) is 5.73 Å². The second kappa shape index (κ2) is 4.69. The quantitative estimate of drug-likeness (QED) is 0.764. The van der Waals surface area contributed by atoms with Crippen molar-refractivity contribution in [1.29, 1.82) is 0 Å². The molecule has 0 spiro atoms. The van der Waals surface area contributed by atoms with Gasteiger partial charge in [-0.25, -0.2) is 9.78 Å². The highest BCUT2D eigenvalue weighted by Crippen LogP contribution is 2.14. The van der Waals surface area contributed by atoms with Gasteiger partial charge in [0.05, 0.1) is 13.2 Å². The van der Waals surface area contributed by atoms with E-state index in [9.17, 15) is 4.79 Å². The van der Waals surface area contributed by atoms with E-state index in [1.165, 1.54) is 11.3 Å². The van der Waals surface area contributed by atoms with Gasteiger partial charge in [-0.15, -0.1) is 11.3 Å². The predicted molar refractivity (Wildman–Crippen MR) is 54.6 cm³/mol. The van der Waals surface area contributed by atoms with Gasteiger partial charge in [-0.1, -0.05) is 0 Å².